The first-order valence-electron chi connectivity index (χ1n) is 5.83. The van der Waals surface area contributed by atoms with Crippen LogP contribution in [0, 0.1) is 0 Å². The topological polar surface area (TPSA) is 106 Å². The molecular formula is C11H15N5O3. The summed E-state index contributed by atoms with van der Waals surface area (Å²) in [4.78, 5) is 15.3. The van der Waals surface area contributed by atoms with Crippen molar-refractivity contribution in [3.63, 3.8) is 0 Å². The first-order chi connectivity index (χ1) is 9.00. The van der Waals surface area contributed by atoms with Gasteiger partial charge in [-0.3, -0.25) is 0 Å². The minimum Gasteiger partial charge on any atom is -0.476 e. The number of nitrogens with zero attached hydrogens (tertiary/aromatic N) is 5. The van der Waals surface area contributed by atoms with E-state index in [0.29, 0.717) is 24.5 Å². The number of hydrogen-bond acceptors (Lipinski definition) is 5. The van der Waals surface area contributed by atoms with Crippen LogP contribution >= 0.6 is 0 Å². The Labute approximate surface area is 109 Å². The number of carboxylic acids is 1. The van der Waals surface area contributed by atoms with Crippen molar-refractivity contribution in [2.24, 2.45) is 7.05 Å². The molecule has 8 nitrogen and oxygen atoms in total. The van der Waals surface area contributed by atoms with E-state index in [1.807, 2.05) is 0 Å². The number of carbonyl (C=O) groups is 1. The number of aliphatic hydroxyl groups excluding tert-OH is 1. The van der Waals surface area contributed by atoms with Gasteiger partial charge in [-0.15, -0.1) is 5.10 Å². The molecule has 2 aromatic rings. The van der Waals surface area contributed by atoms with Crippen LogP contribution in [0.1, 0.15) is 23.8 Å². The summed E-state index contributed by atoms with van der Waals surface area (Å²) < 4.78 is 3.16. The minimum absolute atomic E-state index is 0.139. The quantitative estimate of drug-likeness (QED) is 0.797. The Morgan fingerprint density at radius 3 is 2.79 bits per heavy atom. The zero-order chi connectivity index (χ0) is 14.0. The van der Waals surface area contributed by atoms with Crippen LogP contribution in [0.2, 0.25) is 0 Å². The van der Waals surface area contributed by atoms with Gasteiger partial charge in [0.25, 0.3) is 0 Å². The average Bonchev–Trinajstić information content (AvgIpc) is 2.91. The number of aromatic carboxylic acids is 1. The van der Waals surface area contributed by atoms with E-state index in [-0.39, 0.29) is 5.69 Å². The van der Waals surface area contributed by atoms with Gasteiger partial charge in [0.15, 0.2) is 5.82 Å². The van der Waals surface area contributed by atoms with Crippen LogP contribution < -0.4 is 0 Å². The van der Waals surface area contributed by atoms with Crippen molar-refractivity contribution in [2.75, 3.05) is 0 Å². The summed E-state index contributed by atoms with van der Waals surface area (Å²) in [5, 5.41) is 25.9. The van der Waals surface area contributed by atoms with Crippen LogP contribution in [0.4, 0.5) is 0 Å². The van der Waals surface area contributed by atoms with Crippen molar-refractivity contribution in [1.82, 2.24) is 24.5 Å². The highest BCUT2D eigenvalue weighted by Gasteiger charge is 2.23. The number of aryl methyl sites for hydroxylation is 2. The van der Waals surface area contributed by atoms with Crippen LogP contribution in [0.3, 0.4) is 0 Å². The molecule has 102 valence electrons. The number of aliphatic hydroxyl groups is 1. The molecule has 2 heterocycles. The van der Waals surface area contributed by atoms with Crippen LogP contribution in [0.5, 0.6) is 0 Å². The standard InChI is InChI=1S/C11H15N5O3/c1-7(17)3-5-16-9(8(11(18)19)13-14-16)10-12-4-6-15(10)2/h4,6-7,17H,3,5H2,1-2H3,(H,18,19). The van der Waals surface area contributed by atoms with Gasteiger partial charge in [-0.1, -0.05) is 5.21 Å². The van der Waals surface area contributed by atoms with Crippen LogP contribution in [0.15, 0.2) is 12.4 Å². The summed E-state index contributed by atoms with van der Waals surface area (Å²) in [7, 11) is 1.76. The maximum absolute atomic E-state index is 11.2. The van der Waals surface area contributed by atoms with Crippen LogP contribution in [0.25, 0.3) is 11.5 Å². The van der Waals surface area contributed by atoms with Crippen molar-refractivity contribution in [1.29, 1.82) is 0 Å². The fourth-order valence-corrected chi connectivity index (χ4v) is 1.74. The maximum atomic E-state index is 11.2. The molecule has 0 aliphatic heterocycles. The van der Waals surface area contributed by atoms with E-state index < -0.39 is 12.1 Å². The highest BCUT2D eigenvalue weighted by atomic mass is 16.4. The van der Waals surface area contributed by atoms with E-state index in [0.717, 1.165) is 0 Å². The third-order valence-corrected chi connectivity index (χ3v) is 2.73. The summed E-state index contributed by atoms with van der Waals surface area (Å²) in [5.74, 6) is -0.672. The van der Waals surface area contributed by atoms with Gasteiger partial charge in [-0.2, -0.15) is 0 Å². The summed E-state index contributed by atoms with van der Waals surface area (Å²) in [6.07, 6.45) is 3.26. The molecule has 0 aliphatic carbocycles. The summed E-state index contributed by atoms with van der Waals surface area (Å²) >= 11 is 0. The fraction of sp³-hybridized carbons (Fsp3) is 0.455. The highest BCUT2D eigenvalue weighted by Crippen LogP contribution is 2.20. The van der Waals surface area contributed by atoms with Crippen LogP contribution in [-0.4, -0.2) is 46.8 Å². The van der Waals surface area contributed by atoms with Gasteiger partial charge in [0.05, 0.1) is 6.10 Å². The number of rotatable bonds is 5. The number of imidazole rings is 1. The summed E-state index contributed by atoms with van der Waals surface area (Å²) in [6, 6.07) is 0. The number of carboxylic acid groups (broad SMARTS) is 1. The minimum atomic E-state index is -1.15. The molecule has 2 N–H and O–H groups in total. The molecule has 1 atom stereocenters. The number of aromatic nitrogens is 5. The molecule has 0 spiro atoms. The van der Waals surface area contributed by atoms with Gasteiger partial charge in [0, 0.05) is 26.0 Å². The average molecular weight is 265 g/mol. The van der Waals surface area contributed by atoms with E-state index >= 15 is 0 Å². The molecule has 0 fully saturated rings. The summed E-state index contributed by atoms with van der Waals surface area (Å²) in [6.45, 7) is 2.04. The Morgan fingerprint density at radius 1 is 1.53 bits per heavy atom. The lowest BCUT2D eigenvalue weighted by molar-refractivity contribution is 0.0691. The van der Waals surface area contributed by atoms with E-state index in [4.69, 9.17) is 5.11 Å². The maximum Gasteiger partial charge on any atom is 0.358 e. The number of hydrogen-bond donors (Lipinski definition) is 2. The SMILES string of the molecule is CC(O)CCn1nnc(C(=O)O)c1-c1nccn1C. The van der Waals surface area contributed by atoms with E-state index in [2.05, 4.69) is 15.3 Å². The Hall–Kier alpha value is -2.22. The monoisotopic (exact) mass is 265 g/mol. The Balaban J connectivity index is 2.45. The van der Waals surface area contributed by atoms with E-state index in [1.54, 1.807) is 30.9 Å². The molecule has 0 bridgehead atoms. The van der Waals surface area contributed by atoms with Crippen molar-refractivity contribution < 1.29 is 15.0 Å². The molecule has 0 aromatic carbocycles. The second-order valence-electron chi connectivity index (χ2n) is 4.31. The van der Waals surface area contributed by atoms with Gasteiger partial charge in [-0.05, 0) is 13.3 Å². The van der Waals surface area contributed by atoms with Gasteiger partial charge < -0.3 is 14.8 Å². The summed E-state index contributed by atoms with van der Waals surface area (Å²) in [5.41, 5.74) is 0.209. The first kappa shape index (κ1) is 13.2. The van der Waals surface area contributed by atoms with Gasteiger partial charge >= 0.3 is 5.97 Å². The Morgan fingerprint density at radius 2 is 2.26 bits per heavy atom. The lowest BCUT2D eigenvalue weighted by Gasteiger charge is -2.08. The van der Waals surface area contributed by atoms with E-state index in [9.17, 15) is 9.90 Å². The third-order valence-electron chi connectivity index (χ3n) is 2.73. The molecule has 0 saturated heterocycles. The lowest BCUT2D eigenvalue weighted by atomic mass is 10.2. The molecule has 1 unspecified atom stereocenters. The van der Waals surface area contributed by atoms with E-state index in [1.165, 1.54) is 4.68 Å². The fourth-order valence-electron chi connectivity index (χ4n) is 1.74. The predicted octanol–water partition coefficient (Wildman–Crippen LogP) is 0.148. The molecule has 0 radical (unpaired) electrons. The molecule has 19 heavy (non-hydrogen) atoms. The van der Waals surface area contributed by atoms with Crippen molar-refractivity contribution >= 4 is 5.97 Å². The zero-order valence-electron chi connectivity index (χ0n) is 10.7. The van der Waals surface area contributed by atoms with Crippen molar-refractivity contribution in [3.8, 4) is 11.5 Å². The van der Waals surface area contributed by atoms with Gasteiger partial charge in [-0.25, -0.2) is 14.5 Å². The third kappa shape index (κ3) is 2.63. The molecule has 0 aliphatic rings. The smallest absolute Gasteiger partial charge is 0.358 e. The first-order valence-corrected chi connectivity index (χ1v) is 5.83. The largest absolute Gasteiger partial charge is 0.476 e. The molecule has 0 saturated carbocycles. The van der Waals surface area contributed by atoms with Gasteiger partial charge in [0.2, 0.25) is 5.69 Å². The van der Waals surface area contributed by atoms with Gasteiger partial charge in [0.1, 0.15) is 5.69 Å². The molecule has 8 heteroatoms. The van der Waals surface area contributed by atoms with Crippen LogP contribution in [-0.2, 0) is 13.6 Å². The molecule has 2 rings (SSSR count). The Kier molecular flexibility index (Phi) is 3.61. The lowest BCUT2D eigenvalue weighted by Crippen LogP contribution is -2.11. The predicted molar refractivity (Wildman–Crippen MR) is 65.5 cm³/mol. The zero-order valence-corrected chi connectivity index (χ0v) is 10.7. The molecule has 0 amide bonds. The second-order valence-corrected chi connectivity index (χ2v) is 4.31. The molecular weight excluding hydrogens is 250 g/mol. The molecule has 2 aromatic heterocycles. The second kappa shape index (κ2) is 5.19. The van der Waals surface area contributed by atoms with Crippen molar-refractivity contribution in [3.05, 3.63) is 18.1 Å². The Bertz CT molecular complexity index is 587. The highest BCUT2D eigenvalue weighted by molar-refractivity contribution is 5.91. The van der Waals surface area contributed by atoms with Crippen molar-refractivity contribution in [2.45, 2.75) is 26.0 Å². The normalized spacial score (nSPS) is 12.6.